The number of hydrogen-bond donors (Lipinski definition) is 1. The lowest BCUT2D eigenvalue weighted by molar-refractivity contribution is -0.120. The Labute approximate surface area is 131 Å². The zero-order chi connectivity index (χ0) is 15.7. The van der Waals surface area contributed by atoms with Crippen molar-refractivity contribution in [2.45, 2.75) is 0 Å². The molecule has 5 nitrogen and oxygen atoms in total. The van der Waals surface area contributed by atoms with Crippen LogP contribution in [0, 0.1) is 5.82 Å². The van der Waals surface area contributed by atoms with Crippen molar-refractivity contribution in [3.8, 4) is 11.5 Å². The number of benzene rings is 2. The smallest absolute Gasteiger partial charge is 0.264 e. The van der Waals surface area contributed by atoms with E-state index in [1.807, 2.05) is 0 Å². The number of ether oxygens (including phenoxy) is 1. The lowest BCUT2D eigenvalue weighted by Crippen LogP contribution is -2.35. The molecule has 0 unspecified atom stereocenters. The summed E-state index contributed by atoms with van der Waals surface area (Å²) in [6, 6.07) is 9.23. The summed E-state index contributed by atoms with van der Waals surface area (Å²) in [6.45, 7) is 0.0238. The molecule has 0 saturated heterocycles. The molecule has 22 heavy (non-hydrogen) atoms. The molecule has 1 N–H and O–H groups in total. The third kappa shape index (κ3) is 2.78. The molecule has 1 aliphatic rings. The van der Waals surface area contributed by atoms with Gasteiger partial charge in [-0.25, -0.2) is 9.87 Å². The summed E-state index contributed by atoms with van der Waals surface area (Å²) in [5.74, 6) is 0.449. The molecular formula is C15H12ClFN2O3. The van der Waals surface area contributed by atoms with Crippen LogP contribution in [-0.4, -0.2) is 19.6 Å². The first-order chi connectivity index (χ1) is 10.5. The van der Waals surface area contributed by atoms with Gasteiger partial charge in [0.1, 0.15) is 11.6 Å². The van der Waals surface area contributed by atoms with Gasteiger partial charge in [-0.1, -0.05) is 11.6 Å². The molecule has 2 aromatic carbocycles. The van der Waals surface area contributed by atoms with Gasteiger partial charge in [0.05, 0.1) is 16.4 Å². The summed E-state index contributed by atoms with van der Waals surface area (Å²) in [6.07, 6.45) is 0. The predicted octanol–water partition coefficient (Wildman–Crippen LogP) is 3.24. The zero-order valence-electron chi connectivity index (χ0n) is 11.6. The average Bonchev–Trinajstić information content (AvgIpc) is 2.52. The number of likely N-dealkylation sites (N-methyl/N-ethyl adjacent to an activating group) is 1. The van der Waals surface area contributed by atoms with Crippen LogP contribution in [0.15, 0.2) is 36.4 Å². The summed E-state index contributed by atoms with van der Waals surface area (Å²) in [5.41, 5.74) is 3.79. The molecule has 0 saturated carbocycles. The van der Waals surface area contributed by atoms with E-state index < -0.39 is 5.82 Å². The number of fused-ring (bicyclic) bond motifs is 1. The highest BCUT2D eigenvalue weighted by molar-refractivity contribution is 6.31. The monoisotopic (exact) mass is 322 g/mol. The van der Waals surface area contributed by atoms with Crippen LogP contribution in [0.1, 0.15) is 0 Å². The molecule has 0 atom stereocenters. The normalized spacial score (nSPS) is 13.4. The highest BCUT2D eigenvalue weighted by Crippen LogP contribution is 2.34. The Morgan fingerprint density at radius 1 is 1.32 bits per heavy atom. The lowest BCUT2D eigenvalue weighted by Gasteiger charge is -2.26. The summed E-state index contributed by atoms with van der Waals surface area (Å²) in [4.78, 5) is 18.5. The molecule has 1 amide bonds. The van der Waals surface area contributed by atoms with Crippen LogP contribution in [-0.2, 0) is 4.79 Å². The highest BCUT2D eigenvalue weighted by Gasteiger charge is 2.22. The van der Waals surface area contributed by atoms with Crippen molar-refractivity contribution in [3.05, 3.63) is 47.2 Å². The molecule has 7 heteroatoms. The van der Waals surface area contributed by atoms with Crippen LogP contribution in [0.5, 0.6) is 11.5 Å². The topological polar surface area (TPSA) is 50.8 Å². The summed E-state index contributed by atoms with van der Waals surface area (Å²) < 4.78 is 18.4. The second-order valence-corrected chi connectivity index (χ2v) is 5.11. The van der Waals surface area contributed by atoms with Crippen LogP contribution in [0.25, 0.3) is 0 Å². The minimum absolute atomic E-state index is 0.00206. The standard InChI is InChI=1S/C15H12ClFN2O3/c1-19-13-7-10(3-5-14(13)21-8-15(19)20)22-18-9-2-4-12(17)11(16)6-9/h2-7,18H,8H2,1H3. The van der Waals surface area contributed by atoms with Gasteiger partial charge in [0.25, 0.3) is 5.91 Å². The number of amides is 1. The van der Waals surface area contributed by atoms with Gasteiger partial charge in [-0.15, -0.1) is 0 Å². The number of rotatable bonds is 3. The second-order valence-electron chi connectivity index (χ2n) is 4.70. The summed E-state index contributed by atoms with van der Waals surface area (Å²) in [7, 11) is 1.67. The Kier molecular flexibility index (Phi) is 3.77. The Morgan fingerprint density at radius 3 is 2.91 bits per heavy atom. The zero-order valence-corrected chi connectivity index (χ0v) is 12.4. The molecule has 0 radical (unpaired) electrons. The molecule has 0 aromatic heterocycles. The molecule has 0 spiro atoms. The molecule has 2 aromatic rings. The number of hydrogen-bond acceptors (Lipinski definition) is 4. The second kappa shape index (κ2) is 5.73. The fraction of sp³-hybridized carbons (Fsp3) is 0.133. The molecule has 0 bridgehead atoms. The van der Waals surface area contributed by atoms with Gasteiger partial charge in [-0.2, -0.15) is 0 Å². The third-order valence-corrected chi connectivity index (χ3v) is 3.51. The van der Waals surface area contributed by atoms with Gasteiger partial charge in [-0.3, -0.25) is 4.79 Å². The maximum atomic E-state index is 13.1. The number of carbonyl (C=O) groups excluding carboxylic acids is 1. The van der Waals surface area contributed by atoms with Crippen LogP contribution in [0.3, 0.4) is 0 Å². The molecule has 0 aliphatic carbocycles. The highest BCUT2D eigenvalue weighted by atomic mass is 35.5. The Hall–Kier alpha value is -2.47. The molecular weight excluding hydrogens is 311 g/mol. The maximum Gasteiger partial charge on any atom is 0.264 e. The Morgan fingerprint density at radius 2 is 2.14 bits per heavy atom. The molecule has 1 aliphatic heterocycles. The molecule has 0 fully saturated rings. The third-order valence-electron chi connectivity index (χ3n) is 3.22. The van der Waals surface area contributed by atoms with Crippen molar-refractivity contribution in [1.82, 2.24) is 0 Å². The van der Waals surface area contributed by atoms with E-state index in [4.69, 9.17) is 21.2 Å². The van der Waals surface area contributed by atoms with Gasteiger partial charge in [0.15, 0.2) is 12.4 Å². The van der Waals surface area contributed by atoms with Crippen LogP contribution in [0.2, 0.25) is 5.02 Å². The van der Waals surface area contributed by atoms with E-state index in [0.717, 1.165) is 0 Å². The number of anilines is 2. The fourth-order valence-electron chi connectivity index (χ4n) is 1.99. The van der Waals surface area contributed by atoms with Gasteiger partial charge < -0.3 is 14.5 Å². The van der Waals surface area contributed by atoms with Crippen LogP contribution in [0.4, 0.5) is 15.8 Å². The maximum absolute atomic E-state index is 13.1. The number of nitrogens with zero attached hydrogens (tertiary/aromatic N) is 1. The average molecular weight is 323 g/mol. The first-order valence-corrected chi connectivity index (χ1v) is 6.84. The quantitative estimate of drug-likeness (QED) is 0.881. The van der Waals surface area contributed by atoms with Gasteiger partial charge >= 0.3 is 0 Å². The van der Waals surface area contributed by atoms with Crippen LogP contribution < -0.4 is 20.0 Å². The predicted molar refractivity (Wildman–Crippen MR) is 81.0 cm³/mol. The van der Waals surface area contributed by atoms with Crippen LogP contribution >= 0.6 is 11.6 Å². The van der Waals surface area contributed by atoms with Crippen molar-refractivity contribution in [1.29, 1.82) is 0 Å². The van der Waals surface area contributed by atoms with E-state index in [0.29, 0.717) is 22.9 Å². The van der Waals surface area contributed by atoms with Crippen molar-refractivity contribution in [3.63, 3.8) is 0 Å². The molecule has 114 valence electrons. The van der Waals surface area contributed by atoms with E-state index in [2.05, 4.69) is 5.48 Å². The van der Waals surface area contributed by atoms with E-state index in [-0.39, 0.29) is 17.5 Å². The molecule has 3 rings (SSSR count). The Bertz CT molecular complexity index is 739. The minimum Gasteiger partial charge on any atom is -0.482 e. The van der Waals surface area contributed by atoms with Gasteiger partial charge in [0.2, 0.25) is 0 Å². The molecule has 1 heterocycles. The summed E-state index contributed by atoms with van der Waals surface area (Å²) in [5, 5.41) is -0.00206. The van der Waals surface area contributed by atoms with Gasteiger partial charge in [0, 0.05) is 13.1 Å². The van der Waals surface area contributed by atoms with Crippen molar-refractivity contribution in [2.75, 3.05) is 24.0 Å². The van der Waals surface area contributed by atoms with Crippen molar-refractivity contribution >= 4 is 28.9 Å². The number of halogens is 2. The van der Waals surface area contributed by atoms with E-state index in [1.54, 1.807) is 25.2 Å². The van der Waals surface area contributed by atoms with Crippen molar-refractivity contribution < 1.29 is 18.8 Å². The Balaban J connectivity index is 1.76. The lowest BCUT2D eigenvalue weighted by atomic mass is 10.2. The minimum atomic E-state index is -0.502. The summed E-state index contributed by atoms with van der Waals surface area (Å²) >= 11 is 5.69. The van der Waals surface area contributed by atoms with E-state index >= 15 is 0 Å². The first kappa shape index (κ1) is 14.5. The van der Waals surface area contributed by atoms with E-state index in [9.17, 15) is 9.18 Å². The van der Waals surface area contributed by atoms with Crippen molar-refractivity contribution in [2.24, 2.45) is 0 Å². The number of nitrogens with one attached hydrogen (secondary N) is 1. The van der Waals surface area contributed by atoms with E-state index in [1.165, 1.54) is 23.1 Å². The largest absolute Gasteiger partial charge is 0.482 e. The SMILES string of the molecule is CN1C(=O)COc2ccc(ONc3ccc(F)c(Cl)c3)cc21. The fourth-order valence-corrected chi connectivity index (χ4v) is 2.17. The first-order valence-electron chi connectivity index (χ1n) is 6.46. The van der Waals surface area contributed by atoms with Gasteiger partial charge in [-0.05, 0) is 30.3 Å². The number of carbonyl (C=O) groups is 1.